The van der Waals surface area contributed by atoms with Gasteiger partial charge in [-0.3, -0.25) is 9.63 Å². The van der Waals surface area contributed by atoms with Crippen molar-refractivity contribution < 1.29 is 9.63 Å². The standard InChI is InChI=1S/C7H14N2O2/c1-11-9-7(10)6-3-2-4-8-5-6/h6,8H,2-5H2,1H3,(H,9,10)/t6-/m0/s1. The molecular weight excluding hydrogens is 144 g/mol. The molecule has 4 heteroatoms. The van der Waals surface area contributed by atoms with Crippen molar-refractivity contribution >= 4 is 5.91 Å². The highest BCUT2D eigenvalue weighted by atomic mass is 16.6. The highest BCUT2D eigenvalue weighted by molar-refractivity contribution is 5.77. The molecule has 1 atom stereocenters. The largest absolute Gasteiger partial charge is 0.316 e. The van der Waals surface area contributed by atoms with Gasteiger partial charge in [-0.2, -0.15) is 0 Å². The molecule has 0 aromatic rings. The van der Waals surface area contributed by atoms with E-state index in [0.717, 1.165) is 25.9 Å². The predicted molar refractivity (Wildman–Crippen MR) is 40.7 cm³/mol. The van der Waals surface area contributed by atoms with Crippen LogP contribution in [0, 0.1) is 5.92 Å². The van der Waals surface area contributed by atoms with Crippen molar-refractivity contribution in [3.05, 3.63) is 0 Å². The molecule has 1 aliphatic rings. The topological polar surface area (TPSA) is 50.4 Å². The highest BCUT2D eigenvalue weighted by Crippen LogP contribution is 2.09. The number of nitrogens with one attached hydrogen (secondary N) is 2. The number of hydroxylamine groups is 1. The third-order valence-corrected chi connectivity index (χ3v) is 1.87. The maximum atomic E-state index is 11.1. The van der Waals surface area contributed by atoms with Gasteiger partial charge in [0.05, 0.1) is 13.0 Å². The van der Waals surface area contributed by atoms with Crippen molar-refractivity contribution in [2.75, 3.05) is 20.2 Å². The number of amides is 1. The van der Waals surface area contributed by atoms with Crippen LogP contribution in [0.15, 0.2) is 0 Å². The van der Waals surface area contributed by atoms with Gasteiger partial charge in [0.15, 0.2) is 0 Å². The Morgan fingerprint density at radius 3 is 3.09 bits per heavy atom. The monoisotopic (exact) mass is 158 g/mol. The molecule has 1 heterocycles. The zero-order valence-corrected chi connectivity index (χ0v) is 6.72. The molecule has 4 nitrogen and oxygen atoms in total. The van der Waals surface area contributed by atoms with Crippen molar-refractivity contribution in [1.82, 2.24) is 10.8 Å². The molecule has 0 saturated carbocycles. The molecule has 0 radical (unpaired) electrons. The van der Waals surface area contributed by atoms with E-state index in [9.17, 15) is 4.79 Å². The van der Waals surface area contributed by atoms with Crippen LogP contribution in [-0.4, -0.2) is 26.1 Å². The van der Waals surface area contributed by atoms with Crippen molar-refractivity contribution in [1.29, 1.82) is 0 Å². The van der Waals surface area contributed by atoms with E-state index >= 15 is 0 Å². The SMILES string of the molecule is CONC(=O)[C@H]1CCCNC1. The Morgan fingerprint density at radius 1 is 1.73 bits per heavy atom. The second kappa shape index (κ2) is 4.31. The fourth-order valence-corrected chi connectivity index (χ4v) is 1.26. The third-order valence-electron chi connectivity index (χ3n) is 1.87. The fourth-order valence-electron chi connectivity index (χ4n) is 1.26. The van der Waals surface area contributed by atoms with Crippen LogP contribution in [0.5, 0.6) is 0 Å². The van der Waals surface area contributed by atoms with Crippen LogP contribution in [0.1, 0.15) is 12.8 Å². The van der Waals surface area contributed by atoms with Crippen LogP contribution < -0.4 is 10.8 Å². The Bertz CT molecular complexity index is 132. The van der Waals surface area contributed by atoms with Crippen molar-refractivity contribution in [2.45, 2.75) is 12.8 Å². The summed E-state index contributed by atoms with van der Waals surface area (Å²) in [6.45, 7) is 1.80. The number of piperidine rings is 1. The van der Waals surface area contributed by atoms with Gasteiger partial charge in [0.25, 0.3) is 0 Å². The lowest BCUT2D eigenvalue weighted by Crippen LogP contribution is -2.40. The van der Waals surface area contributed by atoms with Gasteiger partial charge in [-0.1, -0.05) is 0 Å². The molecule has 1 aliphatic heterocycles. The van der Waals surface area contributed by atoms with Crippen LogP contribution >= 0.6 is 0 Å². The number of hydrogen-bond acceptors (Lipinski definition) is 3. The minimum Gasteiger partial charge on any atom is -0.316 e. The van der Waals surface area contributed by atoms with Crippen LogP contribution in [0.3, 0.4) is 0 Å². The summed E-state index contributed by atoms with van der Waals surface area (Å²) in [5.74, 6) is 0.0726. The molecule has 1 rings (SSSR count). The molecule has 0 aromatic carbocycles. The maximum Gasteiger partial charge on any atom is 0.247 e. The zero-order valence-electron chi connectivity index (χ0n) is 6.72. The predicted octanol–water partition coefficient (Wildman–Crippen LogP) is -0.336. The Balaban J connectivity index is 2.27. The summed E-state index contributed by atoms with van der Waals surface area (Å²) in [7, 11) is 1.45. The number of carbonyl (C=O) groups excluding carboxylic acids is 1. The molecule has 0 spiro atoms. The molecule has 2 N–H and O–H groups in total. The number of rotatable bonds is 2. The third kappa shape index (κ3) is 2.48. The molecule has 64 valence electrons. The summed E-state index contributed by atoms with van der Waals surface area (Å²) in [5, 5.41) is 3.16. The molecule has 1 fully saturated rings. The molecule has 0 unspecified atom stereocenters. The second-order valence-corrected chi connectivity index (χ2v) is 2.71. The molecule has 1 amide bonds. The van der Waals surface area contributed by atoms with E-state index in [1.165, 1.54) is 7.11 Å². The molecular formula is C7H14N2O2. The van der Waals surface area contributed by atoms with Gasteiger partial charge in [-0.15, -0.1) is 0 Å². The summed E-state index contributed by atoms with van der Waals surface area (Å²) in [6.07, 6.45) is 2.03. The molecule has 1 saturated heterocycles. The molecule has 0 bridgehead atoms. The van der Waals surface area contributed by atoms with E-state index in [-0.39, 0.29) is 11.8 Å². The Kier molecular flexibility index (Phi) is 3.32. The van der Waals surface area contributed by atoms with Crippen LogP contribution in [0.2, 0.25) is 0 Å². The van der Waals surface area contributed by atoms with Crippen LogP contribution in [0.4, 0.5) is 0 Å². The van der Waals surface area contributed by atoms with Crippen molar-refractivity contribution in [3.8, 4) is 0 Å². The van der Waals surface area contributed by atoms with E-state index in [0.29, 0.717) is 0 Å². The van der Waals surface area contributed by atoms with E-state index in [4.69, 9.17) is 0 Å². The van der Waals surface area contributed by atoms with Gasteiger partial charge in [0.1, 0.15) is 0 Å². The first-order valence-corrected chi connectivity index (χ1v) is 3.88. The van der Waals surface area contributed by atoms with E-state index in [1.807, 2.05) is 0 Å². The first-order valence-electron chi connectivity index (χ1n) is 3.88. The smallest absolute Gasteiger partial charge is 0.247 e. The first kappa shape index (κ1) is 8.49. The van der Waals surface area contributed by atoms with Crippen LogP contribution in [0.25, 0.3) is 0 Å². The van der Waals surface area contributed by atoms with Crippen LogP contribution in [-0.2, 0) is 9.63 Å². The lowest BCUT2D eigenvalue weighted by atomic mass is 9.99. The minimum atomic E-state index is -0.0142. The number of hydrogen-bond donors (Lipinski definition) is 2. The lowest BCUT2D eigenvalue weighted by molar-refractivity contribution is -0.136. The van der Waals surface area contributed by atoms with E-state index in [2.05, 4.69) is 15.6 Å². The normalized spacial score (nSPS) is 24.6. The zero-order chi connectivity index (χ0) is 8.10. The van der Waals surface area contributed by atoms with E-state index in [1.54, 1.807) is 0 Å². The average Bonchev–Trinajstić information content (AvgIpc) is 2.07. The number of carbonyl (C=O) groups is 1. The maximum absolute atomic E-state index is 11.1. The van der Waals surface area contributed by atoms with Crippen molar-refractivity contribution in [2.24, 2.45) is 5.92 Å². The Labute approximate surface area is 66.3 Å². The summed E-state index contributed by atoms with van der Waals surface area (Å²) in [4.78, 5) is 15.7. The highest BCUT2D eigenvalue weighted by Gasteiger charge is 2.20. The lowest BCUT2D eigenvalue weighted by Gasteiger charge is -2.20. The summed E-state index contributed by atoms with van der Waals surface area (Å²) >= 11 is 0. The molecule has 0 aromatic heterocycles. The van der Waals surface area contributed by atoms with Gasteiger partial charge in [0, 0.05) is 6.54 Å². The van der Waals surface area contributed by atoms with Gasteiger partial charge in [0.2, 0.25) is 5.91 Å². The first-order chi connectivity index (χ1) is 5.34. The minimum absolute atomic E-state index is 0.0142. The summed E-state index contributed by atoms with van der Waals surface area (Å²) < 4.78 is 0. The molecule has 11 heavy (non-hydrogen) atoms. The summed E-state index contributed by atoms with van der Waals surface area (Å²) in [6, 6.07) is 0. The Hall–Kier alpha value is -0.610. The van der Waals surface area contributed by atoms with Gasteiger partial charge >= 0.3 is 0 Å². The van der Waals surface area contributed by atoms with Gasteiger partial charge < -0.3 is 5.32 Å². The summed E-state index contributed by atoms with van der Waals surface area (Å²) in [5.41, 5.74) is 2.34. The van der Waals surface area contributed by atoms with E-state index < -0.39 is 0 Å². The van der Waals surface area contributed by atoms with Gasteiger partial charge in [-0.25, -0.2) is 5.48 Å². The second-order valence-electron chi connectivity index (χ2n) is 2.71. The average molecular weight is 158 g/mol. The van der Waals surface area contributed by atoms with Gasteiger partial charge in [-0.05, 0) is 19.4 Å². The fraction of sp³-hybridized carbons (Fsp3) is 0.857. The quantitative estimate of drug-likeness (QED) is 0.541. The van der Waals surface area contributed by atoms with Crippen molar-refractivity contribution in [3.63, 3.8) is 0 Å². The Morgan fingerprint density at radius 2 is 2.55 bits per heavy atom. The molecule has 0 aliphatic carbocycles.